The summed E-state index contributed by atoms with van der Waals surface area (Å²) in [7, 11) is 0. The molecule has 1 heterocycles. The molecule has 0 bridgehead atoms. The van der Waals surface area contributed by atoms with Gasteiger partial charge in [0.2, 0.25) is 0 Å². The molecule has 1 nitrogen and oxygen atoms in total. The number of hydrogen-bond donors (Lipinski definition) is 0. The fourth-order valence-electron chi connectivity index (χ4n) is 5.80. The smallest absolute Gasteiger partial charge is 0.0787 e. The molecule has 0 amide bonds. The van der Waals surface area contributed by atoms with E-state index in [2.05, 4.69) is 67.5 Å². The lowest BCUT2D eigenvalue weighted by atomic mass is 9.75. The number of hydrogen-bond acceptors (Lipinski definition) is 1. The molecule has 1 rings (SSSR count). The average Bonchev–Trinajstić information content (AvgIpc) is 2.82. The van der Waals surface area contributed by atoms with E-state index in [1.807, 2.05) is 0 Å². The zero-order chi connectivity index (χ0) is 24.6. The molecule has 1 aliphatic heterocycles. The maximum absolute atomic E-state index is 6.48. The van der Waals surface area contributed by atoms with Crippen LogP contribution >= 0.6 is 0 Å². The molecular formula is C32H62O. The van der Waals surface area contributed by atoms with Crippen molar-refractivity contribution in [1.29, 1.82) is 0 Å². The van der Waals surface area contributed by atoms with Crippen LogP contribution in [0.1, 0.15) is 145 Å². The fraction of sp³-hybridized carbons (Fsp3) is 0.938. The summed E-state index contributed by atoms with van der Waals surface area (Å²) in [5.41, 5.74) is 0. The van der Waals surface area contributed by atoms with E-state index in [4.69, 9.17) is 4.74 Å². The second-order valence-electron chi connectivity index (χ2n) is 11.9. The van der Waals surface area contributed by atoms with Gasteiger partial charge in [-0.1, -0.05) is 151 Å². The number of ether oxygens (including phenoxy) is 1. The highest BCUT2D eigenvalue weighted by molar-refractivity contribution is 5.00. The van der Waals surface area contributed by atoms with Gasteiger partial charge in [-0.3, -0.25) is 0 Å². The summed E-state index contributed by atoms with van der Waals surface area (Å²) in [6.07, 6.45) is 25.4. The first-order chi connectivity index (χ1) is 15.8. The Morgan fingerprint density at radius 1 is 0.667 bits per heavy atom. The van der Waals surface area contributed by atoms with Gasteiger partial charge in [0.05, 0.1) is 12.2 Å². The third kappa shape index (κ3) is 11.8. The van der Waals surface area contributed by atoms with Gasteiger partial charge in [0.15, 0.2) is 0 Å². The van der Waals surface area contributed by atoms with Crippen LogP contribution in [0, 0.1) is 35.5 Å². The van der Waals surface area contributed by atoms with E-state index in [-0.39, 0.29) is 0 Å². The lowest BCUT2D eigenvalue weighted by molar-refractivity contribution is -0.113. The van der Waals surface area contributed by atoms with Crippen LogP contribution in [0.2, 0.25) is 0 Å². The Labute approximate surface area is 209 Å². The molecule has 0 aliphatic carbocycles. The van der Waals surface area contributed by atoms with Crippen LogP contribution in [0.5, 0.6) is 0 Å². The highest BCUT2D eigenvalue weighted by Gasteiger charge is 2.37. The molecule has 0 spiro atoms. The highest BCUT2D eigenvalue weighted by Crippen LogP contribution is 2.37. The normalized spacial score (nSPS) is 28.8. The van der Waals surface area contributed by atoms with Crippen molar-refractivity contribution in [2.24, 2.45) is 35.5 Å². The first-order valence-corrected chi connectivity index (χ1v) is 15.2. The van der Waals surface area contributed by atoms with Crippen LogP contribution in [0.3, 0.4) is 0 Å². The van der Waals surface area contributed by atoms with Gasteiger partial charge >= 0.3 is 0 Å². The Morgan fingerprint density at radius 2 is 1.18 bits per heavy atom. The standard InChI is InChI=1S/C32H62O/c1-9-11-12-13-14-15-16-17-18-19-20-21-22-25(3)27(5)26(4)23-24-32-30(8)28(6)29(7)31(10-2)33-32/h23-32H,9-22H2,1-8H3/b24-23+/t25-,26+,27-,28?,29-,30?,31?,32+/m1/s1. The van der Waals surface area contributed by atoms with Gasteiger partial charge in [-0.15, -0.1) is 0 Å². The van der Waals surface area contributed by atoms with Gasteiger partial charge < -0.3 is 4.74 Å². The molecule has 1 saturated heterocycles. The van der Waals surface area contributed by atoms with Gasteiger partial charge in [-0.2, -0.15) is 0 Å². The van der Waals surface area contributed by atoms with Gasteiger partial charge in [0.1, 0.15) is 0 Å². The minimum atomic E-state index is 0.294. The quantitative estimate of drug-likeness (QED) is 0.145. The molecule has 196 valence electrons. The molecule has 33 heavy (non-hydrogen) atoms. The SMILES string of the molecule is CCCCCCCCCCCCCC[C@@H](C)[C@@H](C)[C@@H](C)/C=C/[C@@H]1OC(CC)[C@H](C)C(C)C1C. The Kier molecular flexibility index (Phi) is 16.8. The van der Waals surface area contributed by atoms with E-state index in [0.717, 1.165) is 24.2 Å². The zero-order valence-electron chi connectivity index (χ0n) is 24.1. The summed E-state index contributed by atoms with van der Waals surface area (Å²) < 4.78 is 6.48. The second-order valence-corrected chi connectivity index (χ2v) is 11.9. The first-order valence-electron chi connectivity index (χ1n) is 15.2. The van der Waals surface area contributed by atoms with Crippen molar-refractivity contribution in [2.45, 2.75) is 157 Å². The van der Waals surface area contributed by atoms with E-state index in [9.17, 15) is 0 Å². The minimum absolute atomic E-state index is 0.294. The van der Waals surface area contributed by atoms with Crippen molar-refractivity contribution in [2.75, 3.05) is 0 Å². The summed E-state index contributed by atoms with van der Waals surface area (Å²) in [5.74, 6) is 4.19. The molecule has 1 fully saturated rings. The number of allylic oxidation sites excluding steroid dienone is 1. The van der Waals surface area contributed by atoms with Crippen LogP contribution in [0.25, 0.3) is 0 Å². The molecule has 3 unspecified atom stereocenters. The molecular weight excluding hydrogens is 400 g/mol. The summed E-state index contributed by atoms with van der Waals surface area (Å²) >= 11 is 0. The van der Waals surface area contributed by atoms with Crippen LogP contribution in [-0.2, 0) is 4.74 Å². The summed E-state index contributed by atoms with van der Waals surface area (Å²) in [4.78, 5) is 0. The molecule has 8 atom stereocenters. The van der Waals surface area contributed by atoms with Gasteiger partial charge in [0.25, 0.3) is 0 Å². The Hall–Kier alpha value is -0.300. The van der Waals surface area contributed by atoms with Crippen LogP contribution < -0.4 is 0 Å². The van der Waals surface area contributed by atoms with Crippen LogP contribution in [0.15, 0.2) is 12.2 Å². The van der Waals surface area contributed by atoms with E-state index in [1.54, 1.807) is 0 Å². The predicted octanol–water partition coefficient (Wildman–Crippen LogP) is 10.6. The van der Waals surface area contributed by atoms with Crippen LogP contribution in [-0.4, -0.2) is 12.2 Å². The zero-order valence-corrected chi connectivity index (χ0v) is 24.1. The van der Waals surface area contributed by atoms with Crippen LogP contribution in [0.4, 0.5) is 0 Å². The Balaban J connectivity index is 2.19. The topological polar surface area (TPSA) is 9.23 Å². The summed E-state index contributed by atoms with van der Waals surface area (Å²) in [6.45, 7) is 19.1. The molecule has 1 heteroatoms. The number of unbranched alkanes of at least 4 members (excludes halogenated alkanes) is 11. The van der Waals surface area contributed by atoms with E-state index in [1.165, 1.54) is 83.5 Å². The third-order valence-electron chi connectivity index (χ3n) is 9.34. The highest BCUT2D eigenvalue weighted by atomic mass is 16.5. The van der Waals surface area contributed by atoms with E-state index in [0.29, 0.717) is 30.0 Å². The molecule has 0 aromatic heterocycles. The molecule has 0 N–H and O–H groups in total. The molecule has 1 aliphatic rings. The average molecular weight is 463 g/mol. The monoisotopic (exact) mass is 462 g/mol. The van der Waals surface area contributed by atoms with E-state index < -0.39 is 0 Å². The lowest BCUT2D eigenvalue weighted by Crippen LogP contribution is -2.43. The van der Waals surface area contributed by atoms with Gasteiger partial charge in [-0.05, 0) is 41.9 Å². The first kappa shape index (κ1) is 30.7. The third-order valence-corrected chi connectivity index (χ3v) is 9.34. The van der Waals surface area contributed by atoms with Crippen molar-refractivity contribution >= 4 is 0 Å². The van der Waals surface area contributed by atoms with Crippen molar-refractivity contribution in [1.82, 2.24) is 0 Å². The van der Waals surface area contributed by atoms with E-state index >= 15 is 0 Å². The van der Waals surface area contributed by atoms with Gasteiger partial charge in [-0.25, -0.2) is 0 Å². The van der Waals surface area contributed by atoms with Crippen molar-refractivity contribution in [3.05, 3.63) is 12.2 Å². The van der Waals surface area contributed by atoms with Crippen molar-refractivity contribution in [3.63, 3.8) is 0 Å². The maximum atomic E-state index is 6.48. The Bertz CT molecular complexity index is 481. The molecule has 0 aromatic rings. The molecule has 0 aromatic carbocycles. The maximum Gasteiger partial charge on any atom is 0.0787 e. The molecule has 0 saturated carbocycles. The summed E-state index contributed by atoms with van der Waals surface area (Å²) in [6, 6.07) is 0. The summed E-state index contributed by atoms with van der Waals surface area (Å²) in [5, 5.41) is 0. The largest absolute Gasteiger partial charge is 0.370 e. The van der Waals surface area contributed by atoms with Crippen molar-refractivity contribution < 1.29 is 4.74 Å². The lowest BCUT2D eigenvalue weighted by Gasteiger charge is -2.43. The minimum Gasteiger partial charge on any atom is -0.370 e. The van der Waals surface area contributed by atoms with Crippen molar-refractivity contribution in [3.8, 4) is 0 Å². The fourth-order valence-corrected chi connectivity index (χ4v) is 5.80. The second kappa shape index (κ2) is 18.0. The molecule has 0 radical (unpaired) electrons. The predicted molar refractivity (Wildman–Crippen MR) is 149 cm³/mol. The number of rotatable bonds is 18. The Morgan fingerprint density at radius 3 is 1.70 bits per heavy atom. The van der Waals surface area contributed by atoms with Gasteiger partial charge in [0, 0.05) is 0 Å².